The second-order valence-corrected chi connectivity index (χ2v) is 5.97. The molecule has 1 aliphatic heterocycles. The smallest absolute Gasteiger partial charge is 0.323 e. The summed E-state index contributed by atoms with van der Waals surface area (Å²) in [7, 11) is 0. The van der Waals surface area contributed by atoms with E-state index in [0.29, 0.717) is 18.8 Å². The van der Waals surface area contributed by atoms with Crippen LogP contribution in [0, 0.1) is 0 Å². The number of H-pyrrole nitrogens is 1. The van der Waals surface area contributed by atoms with Crippen molar-refractivity contribution in [3.8, 4) is 5.75 Å². The maximum absolute atomic E-state index is 12.2. The summed E-state index contributed by atoms with van der Waals surface area (Å²) >= 11 is 0. The van der Waals surface area contributed by atoms with Gasteiger partial charge in [0, 0.05) is 17.6 Å². The molecule has 132 valence electrons. The van der Waals surface area contributed by atoms with Crippen molar-refractivity contribution in [2.24, 2.45) is 0 Å². The monoisotopic (exact) mass is 349 g/mol. The number of carbonyl (C=O) groups is 1. The van der Waals surface area contributed by atoms with Crippen LogP contribution < -0.4 is 20.3 Å². The van der Waals surface area contributed by atoms with Crippen molar-refractivity contribution in [3.05, 3.63) is 66.7 Å². The second kappa shape index (κ2) is 7.18. The van der Waals surface area contributed by atoms with Crippen molar-refractivity contribution < 1.29 is 9.53 Å². The Bertz CT molecular complexity index is 880. The molecule has 7 heteroatoms. The maximum atomic E-state index is 12.2. The number of ether oxygens (including phenoxy) is 1. The van der Waals surface area contributed by atoms with Gasteiger partial charge in [-0.15, -0.1) is 0 Å². The predicted octanol–water partition coefficient (Wildman–Crippen LogP) is 3.45. The lowest BCUT2D eigenvalue weighted by atomic mass is 10.2. The van der Waals surface area contributed by atoms with Crippen LogP contribution in [0.15, 0.2) is 61.1 Å². The van der Waals surface area contributed by atoms with Gasteiger partial charge in [-0.1, -0.05) is 18.2 Å². The minimum absolute atomic E-state index is 0.284. The van der Waals surface area contributed by atoms with Gasteiger partial charge in [-0.25, -0.2) is 9.78 Å². The number of hydrogen-bond acceptors (Lipinski definition) is 4. The van der Waals surface area contributed by atoms with Crippen molar-refractivity contribution in [2.75, 3.05) is 28.7 Å². The highest BCUT2D eigenvalue weighted by Crippen LogP contribution is 2.34. The molecule has 0 aliphatic carbocycles. The molecule has 0 atom stereocenters. The molecule has 2 heterocycles. The van der Waals surface area contributed by atoms with Gasteiger partial charge in [0.05, 0.1) is 30.8 Å². The first-order chi connectivity index (χ1) is 12.8. The molecule has 0 radical (unpaired) electrons. The van der Waals surface area contributed by atoms with Gasteiger partial charge in [-0.2, -0.15) is 0 Å². The Morgan fingerprint density at radius 1 is 1.15 bits per heavy atom. The number of amides is 2. The average Bonchev–Trinajstić information content (AvgIpc) is 3.16. The zero-order chi connectivity index (χ0) is 17.8. The van der Waals surface area contributed by atoms with Gasteiger partial charge in [-0.05, 0) is 30.3 Å². The van der Waals surface area contributed by atoms with Gasteiger partial charge in [0.25, 0.3) is 0 Å². The van der Waals surface area contributed by atoms with Crippen molar-refractivity contribution in [2.45, 2.75) is 6.54 Å². The van der Waals surface area contributed by atoms with Gasteiger partial charge in [0.15, 0.2) is 0 Å². The quantitative estimate of drug-likeness (QED) is 0.674. The maximum Gasteiger partial charge on any atom is 0.323 e. The molecular formula is C19H19N5O2. The molecule has 1 aromatic heterocycles. The first kappa shape index (κ1) is 16.0. The molecule has 0 saturated heterocycles. The third-order valence-electron chi connectivity index (χ3n) is 4.12. The molecular weight excluding hydrogens is 330 g/mol. The first-order valence-electron chi connectivity index (χ1n) is 8.40. The van der Waals surface area contributed by atoms with E-state index in [9.17, 15) is 4.79 Å². The Labute approximate surface area is 151 Å². The summed E-state index contributed by atoms with van der Waals surface area (Å²) in [5.41, 5.74) is 3.42. The van der Waals surface area contributed by atoms with Crippen LogP contribution in [0.2, 0.25) is 0 Å². The number of nitrogens with zero attached hydrogens (tertiary/aromatic N) is 2. The zero-order valence-corrected chi connectivity index (χ0v) is 14.1. The fourth-order valence-corrected chi connectivity index (χ4v) is 2.91. The number of carbonyl (C=O) groups excluding carboxylic acids is 1. The van der Waals surface area contributed by atoms with E-state index in [0.717, 1.165) is 29.4 Å². The third-order valence-corrected chi connectivity index (χ3v) is 4.12. The summed E-state index contributed by atoms with van der Waals surface area (Å²) in [6.45, 7) is 2.10. The van der Waals surface area contributed by atoms with E-state index in [1.807, 2.05) is 54.7 Å². The minimum Gasteiger partial charge on any atom is -0.490 e. The van der Waals surface area contributed by atoms with Gasteiger partial charge in [-0.3, -0.25) is 0 Å². The highest BCUT2D eigenvalue weighted by atomic mass is 16.5. The van der Waals surface area contributed by atoms with E-state index in [1.54, 1.807) is 6.33 Å². The lowest BCUT2D eigenvalue weighted by Gasteiger charge is -2.31. The number of aromatic amines is 1. The SMILES string of the molecule is O=C(Nc1ccccc1)Nc1ccc2c(c1)N(Cc1cnc[nH]1)CCO2. The Kier molecular flexibility index (Phi) is 4.42. The Hall–Kier alpha value is -3.48. The lowest BCUT2D eigenvalue weighted by molar-refractivity contribution is 0.262. The Morgan fingerprint density at radius 2 is 2.00 bits per heavy atom. The predicted molar refractivity (Wildman–Crippen MR) is 101 cm³/mol. The Balaban J connectivity index is 1.49. The summed E-state index contributed by atoms with van der Waals surface area (Å²) in [5, 5.41) is 5.68. The second-order valence-electron chi connectivity index (χ2n) is 5.97. The minimum atomic E-state index is -0.284. The molecule has 2 aromatic carbocycles. The summed E-state index contributed by atoms with van der Waals surface area (Å²) in [6.07, 6.45) is 3.48. The van der Waals surface area contributed by atoms with Crippen LogP contribution in [0.5, 0.6) is 5.75 Å². The molecule has 7 nitrogen and oxygen atoms in total. The standard InChI is InChI=1S/C19H19N5O2/c25-19(22-14-4-2-1-3-5-14)23-15-6-7-18-17(10-15)24(8-9-26-18)12-16-11-20-13-21-16/h1-7,10-11,13H,8-9,12H2,(H,20,21)(H2,22,23,25). The van der Waals surface area contributed by atoms with Crippen LogP contribution in [0.4, 0.5) is 21.9 Å². The Morgan fingerprint density at radius 3 is 2.81 bits per heavy atom. The van der Waals surface area contributed by atoms with Crippen molar-refractivity contribution in [1.82, 2.24) is 9.97 Å². The number of nitrogens with one attached hydrogen (secondary N) is 3. The summed E-state index contributed by atoms with van der Waals surface area (Å²) in [4.78, 5) is 21.6. The number of rotatable bonds is 4. The third kappa shape index (κ3) is 3.61. The lowest BCUT2D eigenvalue weighted by Crippen LogP contribution is -2.32. The molecule has 2 amide bonds. The zero-order valence-electron chi connectivity index (χ0n) is 14.1. The molecule has 0 saturated carbocycles. The number of imidazole rings is 1. The number of fused-ring (bicyclic) bond motifs is 1. The summed E-state index contributed by atoms with van der Waals surface area (Å²) in [5.74, 6) is 0.810. The number of para-hydroxylation sites is 1. The molecule has 0 fully saturated rings. The molecule has 1 aliphatic rings. The highest BCUT2D eigenvalue weighted by molar-refractivity contribution is 6.00. The van der Waals surface area contributed by atoms with E-state index in [2.05, 4.69) is 25.5 Å². The fourth-order valence-electron chi connectivity index (χ4n) is 2.91. The number of urea groups is 1. The molecule has 0 spiro atoms. The van der Waals surface area contributed by atoms with Crippen LogP contribution in [-0.2, 0) is 6.54 Å². The van der Waals surface area contributed by atoms with Crippen LogP contribution >= 0.6 is 0 Å². The molecule has 0 bridgehead atoms. The molecule has 4 rings (SSSR count). The van der Waals surface area contributed by atoms with Crippen LogP contribution in [-0.4, -0.2) is 29.2 Å². The van der Waals surface area contributed by atoms with Gasteiger partial charge in [0.1, 0.15) is 12.4 Å². The van der Waals surface area contributed by atoms with Gasteiger partial charge >= 0.3 is 6.03 Å². The number of aromatic nitrogens is 2. The van der Waals surface area contributed by atoms with Crippen LogP contribution in [0.1, 0.15) is 5.69 Å². The van der Waals surface area contributed by atoms with E-state index in [4.69, 9.17) is 4.74 Å². The van der Waals surface area contributed by atoms with E-state index >= 15 is 0 Å². The van der Waals surface area contributed by atoms with E-state index < -0.39 is 0 Å². The molecule has 0 unspecified atom stereocenters. The van der Waals surface area contributed by atoms with Gasteiger partial charge in [0.2, 0.25) is 0 Å². The number of hydrogen-bond donors (Lipinski definition) is 3. The van der Waals surface area contributed by atoms with Crippen molar-refractivity contribution in [3.63, 3.8) is 0 Å². The van der Waals surface area contributed by atoms with Crippen LogP contribution in [0.3, 0.4) is 0 Å². The molecule has 3 N–H and O–H groups in total. The van der Waals surface area contributed by atoms with Crippen molar-refractivity contribution >= 4 is 23.1 Å². The number of anilines is 3. The highest BCUT2D eigenvalue weighted by Gasteiger charge is 2.19. The summed E-state index contributed by atoms with van der Waals surface area (Å²) < 4.78 is 5.73. The number of benzene rings is 2. The van der Waals surface area contributed by atoms with E-state index in [-0.39, 0.29) is 6.03 Å². The van der Waals surface area contributed by atoms with E-state index in [1.165, 1.54) is 0 Å². The normalized spacial score (nSPS) is 12.8. The van der Waals surface area contributed by atoms with Gasteiger partial charge < -0.3 is 25.3 Å². The fraction of sp³-hybridized carbons (Fsp3) is 0.158. The first-order valence-corrected chi connectivity index (χ1v) is 8.40. The topological polar surface area (TPSA) is 82.3 Å². The van der Waals surface area contributed by atoms with Crippen molar-refractivity contribution in [1.29, 1.82) is 0 Å². The molecule has 26 heavy (non-hydrogen) atoms. The summed E-state index contributed by atoms with van der Waals surface area (Å²) in [6, 6.07) is 14.7. The average molecular weight is 349 g/mol. The van der Waals surface area contributed by atoms with Crippen LogP contribution in [0.25, 0.3) is 0 Å². The molecule has 3 aromatic rings. The largest absolute Gasteiger partial charge is 0.490 e.